The van der Waals surface area contributed by atoms with Gasteiger partial charge in [0.15, 0.2) is 0 Å². The van der Waals surface area contributed by atoms with Crippen LogP contribution in [-0.4, -0.2) is 25.0 Å². The van der Waals surface area contributed by atoms with E-state index in [9.17, 15) is 0 Å². The molecule has 0 bridgehead atoms. The number of nitrogens with zero attached hydrogens (tertiary/aromatic N) is 4. The molecule has 2 heterocycles. The third-order valence-electron chi connectivity index (χ3n) is 1.45. The lowest BCUT2D eigenvalue weighted by molar-refractivity contribution is 0.427. The maximum atomic E-state index is 8.77. The Balaban J connectivity index is 0.000000162. The molecule has 0 atom stereocenters. The zero-order chi connectivity index (χ0) is 11.1. The molecule has 0 aromatic carbocycles. The molecule has 0 fully saturated rings. The Morgan fingerprint density at radius 3 is 1.80 bits per heavy atom. The van der Waals surface area contributed by atoms with Gasteiger partial charge in [0.05, 0.1) is 0 Å². The van der Waals surface area contributed by atoms with Gasteiger partial charge in [-0.05, 0) is 26.0 Å². The summed E-state index contributed by atoms with van der Waals surface area (Å²) in [4.78, 5) is 14.7. The highest BCUT2D eigenvalue weighted by Crippen LogP contribution is 2.02. The van der Waals surface area contributed by atoms with E-state index in [0.29, 0.717) is 0 Å². The van der Waals surface area contributed by atoms with Crippen molar-refractivity contribution < 1.29 is 5.11 Å². The first-order valence-corrected chi connectivity index (χ1v) is 4.39. The number of hydrogen-bond donors (Lipinski definition) is 1. The highest BCUT2D eigenvalue weighted by atomic mass is 16.3. The van der Waals surface area contributed by atoms with E-state index < -0.39 is 0 Å². The molecule has 0 aliphatic heterocycles. The average molecular weight is 204 g/mol. The van der Waals surface area contributed by atoms with Gasteiger partial charge in [-0.2, -0.15) is 0 Å². The summed E-state index contributed by atoms with van der Waals surface area (Å²) in [7, 11) is 0. The Hall–Kier alpha value is -2.04. The maximum absolute atomic E-state index is 8.77. The summed E-state index contributed by atoms with van der Waals surface area (Å²) in [6, 6.07) is 3.44. The summed E-state index contributed by atoms with van der Waals surface area (Å²) in [6.07, 6.45) is 4.88. The maximum Gasteiger partial charge on any atom is 0.314 e. The molecule has 0 saturated carbocycles. The summed E-state index contributed by atoms with van der Waals surface area (Å²) < 4.78 is 0. The van der Waals surface area contributed by atoms with E-state index in [1.165, 1.54) is 6.33 Å². The van der Waals surface area contributed by atoms with Crippen LogP contribution in [-0.2, 0) is 0 Å². The normalized spacial score (nSPS) is 8.93. The molecule has 78 valence electrons. The lowest BCUT2D eigenvalue weighted by atomic mass is 10.4. The van der Waals surface area contributed by atoms with Gasteiger partial charge in [-0.25, -0.2) is 19.9 Å². The van der Waals surface area contributed by atoms with E-state index in [-0.39, 0.29) is 6.01 Å². The number of aromatic nitrogens is 4. The molecule has 0 saturated heterocycles. The van der Waals surface area contributed by atoms with Gasteiger partial charge in [0.2, 0.25) is 0 Å². The number of aryl methyl sites for hydroxylation is 2. The Labute approximate surface area is 87.9 Å². The average Bonchev–Trinajstić information content (AvgIpc) is 2.19. The van der Waals surface area contributed by atoms with Gasteiger partial charge in [-0.15, -0.1) is 0 Å². The second-order valence-corrected chi connectivity index (χ2v) is 2.85. The molecule has 15 heavy (non-hydrogen) atoms. The zero-order valence-electron chi connectivity index (χ0n) is 8.62. The van der Waals surface area contributed by atoms with Crippen molar-refractivity contribution in [1.29, 1.82) is 0 Å². The lowest BCUT2D eigenvalue weighted by Gasteiger charge is -1.93. The van der Waals surface area contributed by atoms with Crippen LogP contribution in [0.25, 0.3) is 0 Å². The van der Waals surface area contributed by atoms with Crippen molar-refractivity contribution in [3.8, 4) is 6.01 Å². The van der Waals surface area contributed by atoms with Gasteiger partial charge in [0, 0.05) is 23.8 Å². The number of aromatic hydroxyl groups is 1. The van der Waals surface area contributed by atoms with Gasteiger partial charge >= 0.3 is 6.01 Å². The van der Waals surface area contributed by atoms with Crippen LogP contribution >= 0.6 is 0 Å². The number of hydrogen-bond acceptors (Lipinski definition) is 5. The predicted octanol–water partition coefficient (Wildman–Crippen LogP) is 1.28. The van der Waals surface area contributed by atoms with E-state index in [1.54, 1.807) is 24.5 Å². The van der Waals surface area contributed by atoms with Crippen molar-refractivity contribution >= 4 is 0 Å². The van der Waals surface area contributed by atoms with Crippen molar-refractivity contribution in [1.82, 2.24) is 19.9 Å². The van der Waals surface area contributed by atoms with Crippen LogP contribution in [0.15, 0.2) is 30.9 Å². The predicted molar refractivity (Wildman–Crippen MR) is 55.2 cm³/mol. The molecule has 0 spiro atoms. The minimum absolute atomic E-state index is 0.146. The first kappa shape index (κ1) is 11.0. The fraction of sp³-hybridized carbons (Fsp3) is 0.200. The fourth-order valence-corrected chi connectivity index (χ4v) is 0.961. The highest BCUT2D eigenvalue weighted by molar-refractivity contribution is 5.09. The van der Waals surface area contributed by atoms with Crippen LogP contribution < -0.4 is 0 Å². The molecular weight excluding hydrogens is 192 g/mol. The van der Waals surface area contributed by atoms with Crippen LogP contribution in [0.2, 0.25) is 0 Å². The summed E-state index contributed by atoms with van der Waals surface area (Å²) >= 11 is 0. The molecule has 2 rings (SSSR count). The van der Waals surface area contributed by atoms with E-state index in [1.807, 2.05) is 13.8 Å². The third-order valence-corrected chi connectivity index (χ3v) is 1.45. The first-order chi connectivity index (χ1) is 7.18. The summed E-state index contributed by atoms with van der Waals surface area (Å²) in [6.45, 7) is 3.63. The van der Waals surface area contributed by atoms with Crippen LogP contribution in [0.4, 0.5) is 0 Å². The topological polar surface area (TPSA) is 71.8 Å². The van der Waals surface area contributed by atoms with E-state index >= 15 is 0 Å². The van der Waals surface area contributed by atoms with E-state index in [4.69, 9.17) is 5.11 Å². The quantitative estimate of drug-likeness (QED) is 0.699. The third kappa shape index (κ3) is 4.66. The largest absolute Gasteiger partial charge is 0.479 e. The van der Waals surface area contributed by atoms with Crippen molar-refractivity contribution in [2.24, 2.45) is 0 Å². The van der Waals surface area contributed by atoms with Crippen LogP contribution in [0.1, 0.15) is 11.4 Å². The molecule has 0 unspecified atom stereocenters. The van der Waals surface area contributed by atoms with Crippen LogP contribution in [0.5, 0.6) is 6.01 Å². The minimum Gasteiger partial charge on any atom is -0.479 e. The molecule has 2 aromatic rings. The lowest BCUT2D eigenvalue weighted by Crippen LogP contribution is -1.87. The molecule has 1 N–H and O–H groups in total. The van der Waals surface area contributed by atoms with Crippen LogP contribution in [0.3, 0.4) is 0 Å². The first-order valence-electron chi connectivity index (χ1n) is 4.39. The monoisotopic (exact) mass is 204 g/mol. The standard InChI is InChI=1S/C6H8N2O.C4H4N2/c1-4-3-5(2)8-6(9)7-4;1-2-5-4-6-3-1/h3H,1-2H3,(H,7,8,9);1-4H. The summed E-state index contributed by atoms with van der Waals surface area (Å²) in [5.74, 6) is 0. The second-order valence-electron chi connectivity index (χ2n) is 2.85. The molecule has 5 nitrogen and oxygen atoms in total. The van der Waals surface area contributed by atoms with Gasteiger partial charge < -0.3 is 5.11 Å². The van der Waals surface area contributed by atoms with Crippen molar-refractivity contribution in [2.75, 3.05) is 0 Å². The molecule has 0 radical (unpaired) electrons. The van der Waals surface area contributed by atoms with Gasteiger partial charge in [-0.1, -0.05) is 0 Å². The molecule has 0 amide bonds. The van der Waals surface area contributed by atoms with Crippen molar-refractivity contribution in [2.45, 2.75) is 13.8 Å². The number of rotatable bonds is 0. The van der Waals surface area contributed by atoms with Crippen molar-refractivity contribution in [3.63, 3.8) is 0 Å². The van der Waals surface area contributed by atoms with Gasteiger partial charge in [0.1, 0.15) is 6.33 Å². The highest BCUT2D eigenvalue weighted by Gasteiger charge is 1.92. The molecule has 5 heteroatoms. The van der Waals surface area contributed by atoms with Crippen LogP contribution in [0, 0.1) is 13.8 Å². The minimum atomic E-state index is -0.146. The zero-order valence-corrected chi connectivity index (χ0v) is 8.62. The molecule has 2 aromatic heterocycles. The smallest absolute Gasteiger partial charge is 0.314 e. The second kappa shape index (κ2) is 5.64. The summed E-state index contributed by atoms with van der Waals surface area (Å²) in [5, 5.41) is 8.77. The Morgan fingerprint density at radius 1 is 1.00 bits per heavy atom. The molecule has 0 aliphatic rings. The Morgan fingerprint density at radius 2 is 1.53 bits per heavy atom. The van der Waals surface area contributed by atoms with Gasteiger partial charge in [0.25, 0.3) is 0 Å². The van der Waals surface area contributed by atoms with E-state index in [0.717, 1.165) is 11.4 Å². The van der Waals surface area contributed by atoms with Gasteiger partial charge in [-0.3, -0.25) is 0 Å². The SMILES string of the molecule is Cc1cc(C)nc(O)n1.c1cncnc1. The Bertz CT molecular complexity index is 328. The molecular formula is C10H12N4O. The molecule has 0 aliphatic carbocycles. The van der Waals surface area contributed by atoms with Crippen molar-refractivity contribution in [3.05, 3.63) is 42.2 Å². The fourth-order valence-electron chi connectivity index (χ4n) is 0.961. The Kier molecular flexibility index (Phi) is 4.15. The van der Waals surface area contributed by atoms with E-state index in [2.05, 4.69) is 19.9 Å². The summed E-state index contributed by atoms with van der Waals surface area (Å²) in [5.41, 5.74) is 1.58.